The normalized spacial score (nSPS) is 48.0. The molecule has 5 aliphatic rings. The molecule has 0 bridgehead atoms. The minimum atomic E-state index is -0.450. The van der Waals surface area contributed by atoms with Crippen molar-refractivity contribution in [3.05, 3.63) is 0 Å². The second-order valence-corrected chi connectivity index (χ2v) is 15.1. The average molecular weight is 496 g/mol. The lowest BCUT2D eigenvalue weighted by Crippen LogP contribution is -2.66. The smallest absolute Gasteiger partial charge is 0.100 e. The molecule has 0 aliphatic heterocycles. The summed E-state index contributed by atoms with van der Waals surface area (Å²) in [4.78, 5) is 0. The summed E-state index contributed by atoms with van der Waals surface area (Å²) in [7, 11) is 0. The minimum absolute atomic E-state index is 0.248. The van der Waals surface area contributed by atoms with Gasteiger partial charge < -0.3 is 0 Å². The molecule has 0 nitrogen and oxygen atoms in total. The fraction of sp³-hybridized carbons (Fsp3) is 1.00. The predicted molar refractivity (Wildman–Crippen MR) is 144 cm³/mol. The van der Waals surface area contributed by atoms with Crippen LogP contribution in [0, 0.1) is 46.3 Å². The van der Waals surface area contributed by atoms with Crippen LogP contribution < -0.4 is 0 Å². The number of rotatable bonds is 5. The molecule has 190 valence electrons. The van der Waals surface area contributed by atoms with Crippen molar-refractivity contribution in [2.24, 2.45) is 46.3 Å². The van der Waals surface area contributed by atoms with Crippen LogP contribution in [0.2, 0.25) is 0 Å². The standard InChI is InChI=1S/C31H52Cl2/c1-3-5-24-8-12-26(13-9-24)28-16-20-30(21-17-28)22-29(31(30,32)33)18-14-27(15-19-29)25-10-6-23(4-2)7-11-25/h23-28H,3-22H2,1-2H3/t23-,24-,25-,26-,27?,28?,29?,30?. The Morgan fingerprint density at radius 3 is 1.30 bits per heavy atom. The number of alkyl halides is 2. The molecule has 0 aromatic heterocycles. The summed E-state index contributed by atoms with van der Waals surface area (Å²) in [5.41, 5.74) is 0.496. The van der Waals surface area contributed by atoms with Crippen molar-refractivity contribution in [1.82, 2.24) is 0 Å². The third kappa shape index (κ3) is 4.58. The Kier molecular flexibility index (Phi) is 7.76. The van der Waals surface area contributed by atoms with Crippen LogP contribution in [0.1, 0.15) is 142 Å². The maximum Gasteiger partial charge on any atom is 0.129 e. The molecule has 0 N–H and O–H groups in total. The minimum Gasteiger partial charge on any atom is -0.100 e. The van der Waals surface area contributed by atoms with E-state index in [1.165, 1.54) is 128 Å². The average Bonchev–Trinajstić information content (AvgIpc) is 2.86. The van der Waals surface area contributed by atoms with Crippen LogP contribution in [-0.4, -0.2) is 4.33 Å². The van der Waals surface area contributed by atoms with Crippen LogP contribution in [0.5, 0.6) is 0 Å². The molecule has 5 fully saturated rings. The van der Waals surface area contributed by atoms with Crippen LogP contribution in [0.3, 0.4) is 0 Å². The molecule has 5 aliphatic carbocycles. The monoisotopic (exact) mass is 494 g/mol. The third-order valence-electron chi connectivity index (χ3n) is 12.4. The Balaban J connectivity index is 1.11. The van der Waals surface area contributed by atoms with E-state index in [4.69, 9.17) is 23.2 Å². The SMILES string of the molecule is CCC[C@H]1CC[C@H](C2CCC3(CC2)CC2(CCC([C@H]4CC[C@H](CC)CC4)CC2)C3(Cl)Cl)CC1. The van der Waals surface area contributed by atoms with Crippen molar-refractivity contribution >= 4 is 23.2 Å². The van der Waals surface area contributed by atoms with E-state index in [9.17, 15) is 0 Å². The van der Waals surface area contributed by atoms with E-state index < -0.39 is 4.33 Å². The summed E-state index contributed by atoms with van der Waals surface area (Å²) >= 11 is 14.8. The zero-order valence-electron chi connectivity index (χ0n) is 21.9. The van der Waals surface area contributed by atoms with Gasteiger partial charge in [0.25, 0.3) is 0 Å². The van der Waals surface area contributed by atoms with Gasteiger partial charge in [0.2, 0.25) is 0 Å². The maximum atomic E-state index is 7.40. The van der Waals surface area contributed by atoms with E-state index in [-0.39, 0.29) is 10.8 Å². The van der Waals surface area contributed by atoms with Crippen molar-refractivity contribution in [2.75, 3.05) is 0 Å². The molecule has 0 heterocycles. The summed E-state index contributed by atoms with van der Waals surface area (Å²) < 4.78 is -0.450. The molecule has 0 radical (unpaired) electrons. The topological polar surface area (TPSA) is 0 Å². The fourth-order valence-corrected chi connectivity index (χ4v) is 11.1. The molecule has 2 spiro atoms. The fourth-order valence-electron chi connectivity index (χ4n) is 10.1. The van der Waals surface area contributed by atoms with Gasteiger partial charge in [0.15, 0.2) is 0 Å². The zero-order chi connectivity index (χ0) is 23.1. The van der Waals surface area contributed by atoms with Gasteiger partial charge in [-0.15, -0.1) is 23.2 Å². The molecule has 0 unspecified atom stereocenters. The molecular weight excluding hydrogens is 443 g/mol. The van der Waals surface area contributed by atoms with E-state index in [1.54, 1.807) is 0 Å². The van der Waals surface area contributed by atoms with E-state index in [1.807, 2.05) is 0 Å². The van der Waals surface area contributed by atoms with Crippen molar-refractivity contribution < 1.29 is 0 Å². The van der Waals surface area contributed by atoms with Crippen molar-refractivity contribution in [3.63, 3.8) is 0 Å². The van der Waals surface area contributed by atoms with Crippen LogP contribution in [0.25, 0.3) is 0 Å². The van der Waals surface area contributed by atoms with Gasteiger partial charge in [0.05, 0.1) is 0 Å². The lowest BCUT2D eigenvalue weighted by Gasteiger charge is -2.69. The molecule has 0 aromatic carbocycles. The number of hydrogen-bond donors (Lipinski definition) is 0. The summed E-state index contributed by atoms with van der Waals surface area (Å²) in [6, 6.07) is 0. The number of halogens is 2. The first-order valence-electron chi connectivity index (χ1n) is 15.3. The van der Waals surface area contributed by atoms with E-state index >= 15 is 0 Å². The molecule has 5 saturated carbocycles. The van der Waals surface area contributed by atoms with Crippen LogP contribution in [0.15, 0.2) is 0 Å². The van der Waals surface area contributed by atoms with Gasteiger partial charge in [-0.2, -0.15) is 0 Å². The van der Waals surface area contributed by atoms with Crippen LogP contribution in [-0.2, 0) is 0 Å². The maximum absolute atomic E-state index is 7.40. The molecular formula is C31H52Cl2. The Morgan fingerprint density at radius 2 is 0.939 bits per heavy atom. The molecule has 0 saturated heterocycles. The Bertz CT molecular complexity index is 621. The van der Waals surface area contributed by atoms with Crippen molar-refractivity contribution in [2.45, 2.75) is 147 Å². The van der Waals surface area contributed by atoms with Gasteiger partial charge in [0, 0.05) is 10.8 Å². The van der Waals surface area contributed by atoms with Gasteiger partial charge in [-0.25, -0.2) is 0 Å². The van der Waals surface area contributed by atoms with Gasteiger partial charge in [0.1, 0.15) is 4.33 Å². The molecule has 2 heteroatoms. The van der Waals surface area contributed by atoms with Gasteiger partial charge in [-0.05, 0) is 119 Å². The highest BCUT2D eigenvalue weighted by Gasteiger charge is 2.72. The first-order valence-corrected chi connectivity index (χ1v) is 16.1. The van der Waals surface area contributed by atoms with E-state index in [2.05, 4.69) is 13.8 Å². The van der Waals surface area contributed by atoms with E-state index in [0.717, 1.165) is 35.5 Å². The summed E-state index contributed by atoms with van der Waals surface area (Å²) in [5, 5.41) is 0. The predicted octanol–water partition coefficient (Wildman–Crippen LogP) is 10.7. The second kappa shape index (κ2) is 10.1. The summed E-state index contributed by atoms with van der Waals surface area (Å²) in [6.45, 7) is 4.74. The molecule has 0 atom stereocenters. The summed E-state index contributed by atoms with van der Waals surface area (Å²) in [6.07, 6.45) is 28.4. The molecule has 0 amide bonds. The largest absolute Gasteiger partial charge is 0.129 e. The van der Waals surface area contributed by atoms with Gasteiger partial charge >= 0.3 is 0 Å². The highest BCUT2D eigenvalue weighted by atomic mass is 35.5. The first kappa shape index (κ1) is 25.2. The number of hydrogen-bond acceptors (Lipinski definition) is 0. The summed E-state index contributed by atoms with van der Waals surface area (Å²) in [5.74, 6) is 5.98. The lowest BCUT2D eigenvalue weighted by molar-refractivity contribution is -0.122. The van der Waals surface area contributed by atoms with Crippen LogP contribution in [0.4, 0.5) is 0 Å². The van der Waals surface area contributed by atoms with Gasteiger partial charge in [-0.3, -0.25) is 0 Å². The molecule has 5 rings (SSSR count). The highest BCUT2D eigenvalue weighted by molar-refractivity contribution is 6.50. The Morgan fingerprint density at radius 1 is 0.545 bits per heavy atom. The second-order valence-electron chi connectivity index (χ2n) is 13.7. The highest BCUT2D eigenvalue weighted by Crippen LogP contribution is 2.77. The van der Waals surface area contributed by atoms with Crippen molar-refractivity contribution in [3.8, 4) is 0 Å². The quantitative estimate of drug-likeness (QED) is 0.333. The third-order valence-corrected chi connectivity index (χ3v) is 14.0. The first-order chi connectivity index (χ1) is 15.9. The van der Waals surface area contributed by atoms with Crippen molar-refractivity contribution in [1.29, 1.82) is 0 Å². The zero-order valence-corrected chi connectivity index (χ0v) is 23.4. The van der Waals surface area contributed by atoms with Gasteiger partial charge in [-0.1, -0.05) is 58.8 Å². The lowest BCUT2D eigenvalue weighted by atomic mass is 9.42. The van der Waals surface area contributed by atoms with E-state index in [0.29, 0.717) is 0 Å². The Labute approximate surface area is 215 Å². The van der Waals surface area contributed by atoms with Crippen LogP contribution >= 0.6 is 23.2 Å². The Hall–Kier alpha value is 0.580. The molecule has 33 heavy (non-hydrogen) atoms. The molecule has 0 aromatic rings.